The highest BCUT2D eigenvalue weighted by Gasteiger charge is 2.21. The Bertz CT molecular complexity index is 470. The third-order valence-corrected chi connectivity index (χ3v) is 2.79. The average molecular weight is 222 g/mol. The van der Waals surface area contributed by atoms with Gasteiger partial charge in [0, 0.05) is 23.3 Å². The number of rotatable bonds is 3. The number of aromatic nitrogens is 1. The molecule has 0 N–H and O–H groups in total. The van der Waals surface area contributed by atoms with Gasteiger partial charge in [0.1, 0.15) is 0 Å². The number of nitrogens with zero attached hydrogens (tertiary/aromatic N) is 4. The maximum absolute atomic E-state index is 11.6. The van der Waals surface area contributed by atoms with Crippen LogP contribution in [0.2, 0.25) is 0 Å². The van der Waals surface area contributed by atoms with Crippen molar-refractivity contribution < 1.29 is 9.53 Å². The van der Waals surface area contributed by atoms with Crippen LogP contribution in [-0.4, -0.2) is 17.6 Å². The standard InChI is InChI=1S/C10H14N4O2/c1-6-8(5-12-13-11)9(10(15)16-4)7(2)14(6)3/h5H2,1-4H3. The number of hydrogen-bond acceptors (Lipinski definition) is 3. The minimum atomic E-state index is -0.399. The minimum absolute atomic E-state index is 0.161. The summed E-state index contributed by atoms with van der Waals surface area (Å²) in [5.74, 6) is -0.399. The van der Waals surface area contributed by atoms with Gasteiger partial charge in [-0.15, -0.1) is 0 Å². The Kier molecular flexibility index (Phi) is 3.58. The summed E-state index contributed by atoms with van der Waals surface area (Å²) in [6.07, 6.45) is 0. The van der Waals surface area contributed by atoms with Crippen molar-refractivity contribution in [2.45, 2.75) is 20.4 Å². The molecule has 16 heavy (non-hydrogen) atoms. The molecule has 0 aliphatic carbocycles. The molecule has 0 spiro atoms. The number of hydrogen-bond donors (Lipinski definition) is 0. The summed E-state index contributed by atoms with van der Waals surface area (Å²) in [5, 5.41) is 3.49. The normalized spacial score (nSPS) is 9.75. The van der Waals surface area contributed by atoms with E-state index < -0.39 is 5.97 Å². The van der Waals surface area contributed by atoms with Crippen LogP contribution in [0.5, 0.6) is 0 Å². The van der Waals surface area contributed by atoms with Crippen LogP contribution in [0.1, 0.15) is 27.3 Å². The van der Waals surface area contributed by atoms with E-state index in [2.05, 4.69) is 10.0 Å². The molecule has 1 heterocycles. The fraction of sp³-hybridized carbons (Fsp3) is 0.500. The van der Waals surface area contributed by atoms with Crippen molar-refractivity contribution in [2.24, 2.45) is 12.2 Å². The van der Waals surface area contributed by atoms with Gasteiger partial charge < -0.3 is 9.30 Å². The zero-order valence-electron chi connectivity index (χ0n) is 9.81. The molecule has 0 radical (unpaired) electrons. The third kappa shape index (κ3) is 1.87. The first-order valence-corrected chi connectivity index (χ1v) is 4.78. The molecule has 0 unspecified atom stereocenters. The number of ether oxygens (including phenoxy) is 1. The lowest BCUT2D eigenvalue weighted by molar-refractivity contribution is 0.0598. The maximum atomic E-state index is 11.6. The van der Waals surface area contributed by atoms with Crippen molar-refractivity contribution in [3.63, 3.8) is 0 Å². The summed E-state index contributed by atoms with van der Waals surface area (Å²) in [7, 11) is 3.19. The molecule has 6 nitrogen and oxygen atoms in total. The molecule has 1 aromatic rings. The number of azide groups is 1. The van der Waals surface area contributed by atoms with Crippen molar-refractivity contribution in [1.82, 2.24) is 4.57 Å². The zero-order chi connectivity index (χ0) is 12.3. The highest BCUT2D eigenvalue weighted by molar-refractivity contribution is 5.93. The molecule has 0 atom stereocenters. The quantitative estimate of drug-likeness (QED) is 0.340. The number of methoxy groups -OCH3 is 1. The lowest BCUT2D eigenvalue weighted by atomic mass is 10.1. The molecule has 86 valence electrons. The van der Waals surface area contributed by atoms with E-state index in [1.165, 1.54) is 7.11 Å². The first-order chi connectivity index (χ1) is 7.54. The molecule has 0 aliphatic heterocycles. The average Bonchev–Trinajstić information content (AvgIpc) is 2.50. The summed E-state index contributed by atoms with van der Waals surface area (Å²) in [5.41, 5.74) is 11.3. The SMILES string of the molecule is COC(=O)c1c(CN=[N+]=[N-])c(C)n(C)c1C. The van der Waals surface area contributed by atoms with Crippen LogP contribution < -0.4 is 0 Å². The highest BCUT2D eigenvalue weighted by Crippen LogP contribution is 2.23. The molecule has 0 bridgehead atoms. The number of esters is 1. The Morgan fingerprint density at radius 3 is 2.62 bits per heavy atom. The van der Waals surface area contributed by atoms with Crippen LogP contribution in [0, 0.1) is 13.8 Å². The van der Waals surface area contributed by atoms with E-state index in [0.717, 1.165) is 17.0 Å². The molecular weight excluding hydrogens is 208 g/mol. The van der Waals surface area contributed by atoms with E-state index in [1.54, 1.807) is 0 Å². The fourth-order valence-electron chi connectivity index (χ4n) is 1.69. The van der Waals surface area contributed by atoms with Gasteiger partial charge in [-0.1, -0.05) is 5.11 Å². The van der Waals surface area contributed by atoms with E-state index in [1.807, 2.05) is 25.5 Å². The first kappa shape index (κ1) is 12.1. The van der Waals surface area contributed by atoms with E-state index in [9.17, 15) is 4.79 Å². The zero-order valence-corrected chi connectivity index (χ0v) is 9.81. The topological polar surface area (TPSA) is 80.0 Å². The predicted molar refractivity (Wildman–Crippen MR) is 59.1 cm³/mol. The van der Waals surface area contributed by atoms with E-state index in [4.69, 9.17) is 10.3 Å². The Balaban J connectivity index is 3.38. The highest BCUT2D eigenvalue weighted by atomic mass is 16.5. The lowest BCUT2D eigenvalue weighted by Crippen LogP contribution is -2.05. The van der Waals surface area contributed by atoms with Gasteiger partial charge in [0.05, 0.1) is 19.2 Å². The number of carbonyl (C=O) groups is 1. The second-order valence-corrected chi connectivity index (χ2v) is 3.46. The Labute approximate surface area is 93.4 Å². The third-order valence-electron chi connectivity index (χ3n) is 2.79. The smallest absolute Gasteiger partial charge is 0.339 e. The maximum Gasteiger partial charge on any atom is 0.339 e. The van der Waals surface area contributed by atoms with Crippen LogP contribution in [0.3, 0.4) is 0 Å². The van der Waals surface area contributed by atoms with Crippen molar-refractivity contribution in [3.05, 3.63) is 33.0 Å². The molecule has 0 aromatic carbocycles. The molecule has 6 heteroatoms. The Morgan fingerprint density at radius 1 is 1.50 bits per heavy atom. The van der Waals surface area contributed by atoms with Gasteiger partial charge in [-0.25, -0.2) is 4.79 Å². The van der Waals surface area contributed by atoms with Crippen molar-refractivity contribution >= 4 is 5.97 Å². The van der Waals surface area contributed by atoms with Gasteiger partial charge in [0.15, 0.2) is 0 Å². The van der Waals surface area contributed by atoms with Gasteiger partial charge in [0.2, 0.25) is 0 Å². The molecule has 0 saturated carbocycles. The summed E-state index contributed by atoms with van der Waals surface area (Å²) < 4.78 is 6.60. The Hall–Kier alpha value is -1.94. The Morgan fingerprint density at radius 2 is 2.12 bits per heavy atom. The van der Waals surface area contributed by atoms with Crippen LogP contribution in [0.25, 0.3) is 10.4 Å². The summed E-state index contributed by atoms with van der Waals surface area (Å²) in [4.78, 5) is 14.3. The second-order valence-electron chi connectivity index (χ2n) is 3.46. The van der Waals surface area contributed by atoms with E-state index >= 15 is 0 Å². The summed E-state index contributed by atoms with van der Waals surface area (Å²) >= 11 is 0. The molecule has 0 aliphatic rings. The van der Waals surface area contributed by atoms with E-state index in [-0.39, 0.29) is 6.54 Å². The van der Waals surface area contributed by atoms with Crippen molar-refractivity contribution in [1.29, 1.82) is 0 Å². The van der Waals surface area contributed by atoms with E-state index in [0.29, 0.717) is 5.56 Å². The molecular formula is C10H14N4O2. The van der Waals surface area contributed by atoms with Crippen LogP contribution >= 0.6 is 0 Å². The molecule has 0 saturated heterocycles. The van der Waals surface area contributed by atoms with Gasteiger partial charge in [-0.05, 0) is 24.9 Å². The van der Waals surface area contributed by atoms with Crippen molar-refractivity contribution in [3.8, 4) is 0 Å². The van der Waals surface area contributed by atoms with Gasteiger partial charge >= 0.3 is 5.97 Å². The van der Waals surface area contributed by atoms with Crippen LogP contribution in [0.15, 0.2) is 5.11 Å². The number of carbonyl (C=O) groups excluding carboxylic acids is 1. The molecule has 0 amide bonds. The lowest BCUT2D eigenvalue weighted by Gasteiger charge is -2.01. The van der Waals surface area contributed by atoms with Gasteiger partial charge in [-0.3, -0.25) is 0 Å². The second kappa shape index (κ2) is 4.72. The summed E-state index contributed by atoms with van der Waals surface area (Å²) in [6, 6.07) is 0. The predicted octanol–water partition coefficient (Wildman–Crippen LogP) is 2.24. The largest absolute Gasteiger partial charge is 0.465 e. The molecule has 1 aromatic heterocycles. The van der Waals surface area contributed by atoms with Gasteiger partial charge in [-0.2, -0.15) is 0 Å². The van der Waals surface area contributed by atoms with Crippen LogP contribution in [0.4, 0.5) is 0 Å². The molecule has 1 rings (SSSR count). The fourth-order valence-corrected chi connectivity index (χ4v) is 1.69. The monoisotopic (exact) mass is 222 g/mol. The summed E-state index contributed by atoms with van der Waals surface area (Å²) in [6.45, 7) is 3.87. The minimum Gasteiger partial charge on any atom is -0.465 e. The van der Waals surface area contributed by atoms with Crippen LogP contribution in [-0.2, 0) is 18.3 Å². The first-order valence-electron chi connectivity index (χ1n) is 4.78. The van der Waals surface area contributed by atoms with Gasteiger partial charge in [0.25, 0.3) is 0 Å². The van der Waals surface area contributed by atoms with Crippen molar-refractivity contribution in [2.75, 3.05) is 7.11 Å². The molecule has 0 fully saturated rings.